The molecule has 0 amide bonds. The lowest BCUT2D eigenvalue weighted by Crippen LogP contribution is -2.12. The highest BCUT2D eigenvalue weighted by Gasteiger charge is 2.15. The molecule has 3 aromatic rings. The Kier molecular flexibility index (Phi) is 4.18. The number of aromatic amines is 1. The Bertz CT molecular complexity index is 1000. The van der Waals surface area contributed by atoms with Gasteiger partial charge < -0.3 is 9.72 Å². The van der Waals surface area contributed by atoms with E-state index >= 15 is 0 Å². The Hall–Kier alpha value is -2.93. The Morgan fingerprint density at radius 2 is 2.08 bits per heavy atom. The van der Waals surface area contributed by atoms with E-state index in [9.17, 15) is 14.9 Å². The Balaban J connectivity index is 1.99. The van der Waals surface area contributed by atoms with Gasteiger partial charge in [-0.3, -0.25) is 14.9 Å². The molecule has 1 N–H and O–H groups in total. The molecule has 0 radical (unpaired) electrons. The molecule has 0 aliphatic carbocycles. The second-order valence-electron chi connectivity index (χ2n) is 5.11. The summed E-state index contributed by atoms with van der Waals surface area (Å²) in [4.78, 5) is 29.7. The quantitative estimate of drug-likeness (QED) is 0.578. The van der Waals surface area contributed by atoms with Crippen molar-refractivity contribution in [1.82, 2.24) is 9.97 Å². The first-order valence-electron chi connectivity index (χ1n) is 6.97. The number of benzene rings is 2. The molecule has 122 valence electrons. The molecule has 0 bridgehead atoms. The number of rotatable bonds is 4. The van der Waals surface area contributed by atoms with Crippen molar-refractivity contribution in [3.8, 4) is 5.75 Å². The highest BCUT2D eigenvalue weighted by atomic mass is 35.5. The summed E-state index contributed by atoms with van der Waals surface area (Å²) >= 11 is 5.88. The number of nitrogens with one attached hydrogen (secondary N) is 1. The van der Waals surface area contributed by atoms with Crippen LogP contribution in [0.1, 0.15) is 11.4 Å². The average molecular weight is 346 g/mol. The summed E-state index contributed by atoms with van der Waals surface area (Å²) in [5.74, 6) is 0.609. The van der Waals surface area contributed by atoms with Crippen molar-refractivity contribution >= 4 is 28.2 Å². The fourth-order valence-electron chi connectivity index (χ4n) is 2.42. The molecule has 0 unspecified atom stereocenters. The number of nitro benzene ring substituents is 1. The summed E-state index contributed by atoms with van der Waals surface area (Å²) in [5, 5.41) is 11.8. The van der Waals surface area contributed by atoms with E-state index in [2.05, 4.69) is 9.97 Å². The zero-order chi connectivity index (χ0) is 17.3. The molecule has 0 saturated heterocycles. The maximum absolute atomic E-state index is 12.1. The predicted molar refractivity (Wildman–Crippen MR) is 89.8 cm³/mol. The van der Waals surface area contributed by atoms with Crippen LogP contribution in [0, 0.1) is 10.1 Å². The van der Waals surface area contributed by atoms with Crippen LogP contribution < -0.4 is 10.3 Å². The molecular formula is C16H12ClN3O4. The van der Waals surface area contributed by atoms with Crippen LogP contribution in [-0.2, 0) is 6.42 Å². The van der Waals surface area contributed by atoms with Crippen LogP contribution >= 0.6 is 11.6 Å². The maximum atomic E-state index is 12.1. The van der Waals surface area contributed by atoms with Crippen LogP contribution in [-0.4, -0.2) is 22.0 Å². The maximum Gasteiger partial charge on any atom is 0.310 e. The monoisotopic (exact) mass is 345 g/mol. The molecule has 7 nitrogen and oxygen atoms in total. The van der Waals surface area contributed by atoms with Gasteiger partial charge in [0.2, 0.25) is 0 Å². The van der Waals surface area contributed by atoms with Crippen LogP contribution in [0.3, 0.4) is 0 Å². The summed E-state index contributed by atoms with van der Waals surface area (Å²) in [7, 11) is 1.37. The Morgan fingerprint density at radius 3 is 2.79 bits per heavy atom. The van der Waals surface area contributed by atoms with Crippen LogP contribution in [0.5, 0.6) is 5.75 Å². The number of methoxy groups -OCH3 is 1. The smallest absolute Gasteiger partial charge is 0.310 e. The average Bonchev–Trinajstić information content (AvgIpc) is 2.55. The number of halogens is 1. The van der Waals surface area contributed by atoms with Gasteiger partial charge in [-0.05, 0) is 29.8 Å². The molecule has 0 saturated carbocycles. The third kappa shape index (κ3) is 3.07. The molecular weight excluding hydrogens is 334 g/mol. The van der Waals surface area contributed by atoms with Gasteiger partial charge in [0.05, 0.1) is 22.9 Å². The van der Waals surface area contributed by atoms with Gasteiger partial charge in [0.15, 0.2) is 5.75 Å². The molecule has 8 heteroatoms. The minimum atomic E-state index is -0.511. The normalized spacial score (nSPS) is 10.8. The van der Waals surface area contributed by atoms with Crippen LogP contribution in [0.4, 0.5) is 5.69 Å². The van der Waals surface area contributed by atoms with E-state index < -0.39 is 4.92 Å². The molecule has 1 heterocycles. The number of hydrogen-bond acceptors (Lipinski definition) is 5. The summed E-state index contributed by atoms with van der Waals surface area (Å²) in [6.07, 6.45) is 0.308. The van der Waals surface area contributed by atoms with Crippen molar-refractivity contribution in [2.45, 2.75) is 6.42 Å². The highest BCUT2D eigenvalue weighted by molar-refractivity contribution is 6.31. The van der Waals surface area contributed by atoms with E-state index in [4.69, 9.17) is 16.3 Å². The second-order valence-corrected chi connectivity index (χ2v) is 5.55. The van der Waals surface area contributed by atoms with Gasteiger partial charge in [-0.1, -0.05) is 17.7 Å². The summed E-state index contributed by atoms with van der Waals surface area (Å²) in [6.45, 7) is 0. The second kappa shape index (κ2) is 6.29. The van der Waals surface area contributed by atoms with Crippen molar-refractivity contribution in [2.24, 2.45) is 0 Å². The van der Waals surface area contributed by atoms with Crippen molar-refractivity contribution in [3.63, 3.8) is 0 Å². The Morgan fingerprint density at radius 1 is 1.29 bits per heavy atom. The third-order valence-corrected chi connectivity index (χ3v) is 3.76. The third-order valence-electron chi connectivity index (χ3n) is 3.53. The van der Waals surface area contributed by atoms with Crippen LogP contribution in [0.25, 0.3) is 10.9 Å². The zero-order valence-corrected chi connectivity index (χ0v) is 13.3. The molecule has 0 spiro atoms. The van der Waals surface area contributed by atoms with E-state index in [0.717, 1.165) is 5.56 Å². The number of nitro groups is 1. The van der Waals surface area contributed by atoms with E-state index in [1.807, 2.05) is 0 Å². The van der Waals surface area contributed by atoms with Gasteiger partial charge in [-0.2, -0.15) is 0 Å². The molecule has 0 fully saturated rings. The van der Waals surface area contributed by atoms with Crippen molar-refractivity contribution < 1.29 is 9.66 Å². The van der Waals surface area contributed by atoms with Crippen LogP contribution in [0.2, 0.25) is 5.02 Å². The lowest BCUT2D eigenvalue weighted by Gasteiger charge is -2.06. The molecule has 0 aliphatic rings. The first kappa shape index (κ1) is 15.9. The largest absolute Gasteiger partial charge is 0.490 e. The minimum Gasteiger partial charge on any atom is -0.490 e. The molecule has 1 aromatic heterocycles. The number of aromatic nitrogens is 2. The van der Waals surface area contributed by atoms with Gasteiger partial charge in [-0.25, -0.2) is 4.98 Å². The van der Waals surface area contributed by atoms with E-state index in [1.165, 1.54) is 13.2 Å². The fourth-order valence-corrected chi connectivity index (χ4v) is 2.59. The molecule has 3 rings (SSSR count). The first-order valence-corrected chi connectivity index (χ1v) is 7.35. The van der Waals surface area contributed by atoms with Crippen molar-refractivity contribution in [1.29, 1.82) is 0 Å². The van der Waals surface area contributed by atoms with Crippen molar-refractivity contribution in [2.75, 3.05) is 7.11 Å². The van der Waals surface area contributed by atoms with E-state index in [-0.39, 0.29) is 17.0 Å². The molecule has 0 atom stereocenters. The lowest BCUT2D eigenvalue weighted by atomic mass is 10.1. The highest BCUT2D eigenvalue weighted by Crippen LogP contribution is 2.28. The van der Waals surface area contributed by atoms with Crippen LogP contribution in [0.15, 0.2) is 41.2 Å². The van der Waals surface area contributed by atoms with E-state index in [1.54, 1.807) is 30.3 Å². The number of nitrogens with zero attached hydrogens (tertiary/aromatic N) is 2. The SMILES string of the molecule is COc1cc(Cc2nc3ccc(Cl)cc3c(=O)[nH]2)ccc1[N+](=O)[O-]. The standard InChI is InChI=1S/C16H12ClN3O4/c1-24-14-6-9(2-5-13(14)20(22)23)7-15-18-12-4-3-10(17)8-11(12)16(21)19-15/h2-6,8H,7H2,1H3,(H,18,19,21). The van der Waals surface area contributed by atoms with Gasteiger partial charge >= 0.3 is 5.69 Å². The van der Waals surface area contributed by atoms with Gasteiger partial charge in [-0.15, -0.1) is 0 Å². The van der Waals surface area contributed by atoms with Gasteiger partial charge in [0, 0.05) is 17.5 Å². The summed E-state index contributed by atoms with van der Waals surface area (Å²) in [5.41, 5.74) is 0.864. The molecule has 24 heavy (non-hydrogen) atoms. The van der Waals surface area contributed by atoms with Gasteiger partial charge in [0.1, 0.15) is 5.82 Å². The Labute approximate surface area is 141 Å². The lowest BCUT2D eigenvalue weighted by molar-refractivity contribution is -0.385. The van der Waals surface area contributed by atoms with Gasteiger partial charge in [0.25, 0.3) is 5.56 Å². The topological polar surface area (TPSA) is 98.1 Å². The predicted octanol–water partition coefficient (Wildman–Crippen LogP) is 3.08. The van der Waals surface area contributed by atoms with Crippen molar-refractivity contribution in [3.05, 3.63) is 73.3 Å². The number of ether oxygens (including phenoxy) is 1. The minimum absolute atomic E-state index is 0.115. The fraction of sp³-hybridized carbons (Fsp3) is 0.125. The molecule has 2 aromatic carbocycles. The van der Waals surface area contributed by atoms with E-state index in [0.29, 0.717) is 28.2 Å². The summed E-state index contributed by atoms with van der Waals surface area (Å²) in [6, 6.07) is 9.42. The number of H-pyrrole nitrogens is 1. The molecule has 0 aliphatic heterocycles. The zero-order valence-electron chi connectivity index (χ0n) is 12.6. The first-order chi connectivity index (χ1) is 11.5. The number of hydrogen-bond donors (Lipinski definition) is 1. The summed E-state index contributed by atoms with van der Waals surface area (Å²) < 4.78 is 5.04. The number of fused-ring (bicyclic) bond motifs is 1.